The second-order valence-corrected chi connectivity index (χ2v) is 6.29. The van der Waals surface area contributed by atoms with Crippen molar-refractivity contribution in [3.63, 3.8) is 0 Å². The van der Waals surface area contributed by atoms with Crippen LogP contribution in [0.2, 0.25) is 5.02 Å². The van der Waals surface area contributed by atoms with Gasteiger partial charge in [-0.15, -0.1) is 11.3 Å². The summed E-state index contributed by atoms with van der Waals surface area (Å²) in [6.45, 7) is 0. The van der Waals surface area contributed by atoms with Crippen molar-refractivity contribution < 1.29 is 9.21 Å². The third kappa shape index (κ3) is 2.77. The molecule has 1 N–H and O–H groups in total. The summed E-state index contributed by atoms with van der Waals surface area (Å²) in [5, 5.41) is 6.55. The Morgan fingerprint density at radius 2 is 2.17 bits per heavy atom. The van der Waals surface area contributed by atoms with Gasteiger partial charge in [0.25, 0.3) is 5.91 Å². The van der Waals surface area contributed by atoms with Crippen molar-refractivity contribution in [2.45, 2.75) is 0 Å². The van der Waals surface area contributed by atoms with Crippen molar-refractivity contribution in [1.29, 1.82) is 0 Å². The first kappa shape index (κ1) is 14.9. The minimum Gasteiger partial charge on any atom is -0.462 e. The summed E-state index contributed by atoms with van der Waals surface area (Å²) in [7, 11) is 0. The van der Waals surface area contributed by atoms with Crippen molar-refractivity contribution in [2.75, 3.05) is 5.32 Å². The Kier molecular flexibility index (Phi) is 3.76. The molecule has 3 heterocycles. The molecule has 0 spiro atoms. The van der Waals surface area contributed by atoms with Crippen LogP contribution in [0.15, 0.2) is 58.7 Å². The highest BCUT2D eigenvalue weighted by Gasteiger charge is 2.15. The molecule has 4 rings (SSSR count). The normalized spacial score (nSPS) is 10.9. The fourth-order valence-electron chi connectivity index (χ4n) is 2.33. The Labute approximate surface area is 145 Å². The molecule has 3 aromatic heterocycles. The van der Waals surface area contributed by atoms with Crippen LogP contribution >= 0.6 is 22.9 Å². The number of nitrogens with zero attached hydrogens (tertiary/aromatic N) is 2. The molecular formula is C17H10ClN3O2S. The third-order valence-electron chi connectivity index (χ3n) is 3.39. The van der Waals surface area contributed by atoms with E-state index in [0.29, 0.717) is 32.7 Å². The first-order chi connectivity index (χ1) is 11.7. The molecule has 118 valence electrons. The molecule has 0 radical (unpaired) electrons. The standard InChI is InChI=1S/C17H10ClN3O2S/c18-11-7-10-3-1-5-19-15(10)12(8-11)20-16(22)13-9-24-17(21-13)14-4-2-6-23-14/h1-9H,(H,20,22). The Balaban J connectivity index is 1.65. The Bertz CT molecular complexity index is 1030. The van der Waals surface area contributed by atoms with Crippen LogP contribution in [0.5, 0.6) is 0 Å². The van der Waals surface area contributed by atoms with Gasteiger partial charge in [-0.25, -0.2) is 4.98 Å². The number of amides is 1. The van der Waals surface area contributed by atoms with E-state index in [4.69, 9.17) is 16.0 Å². The minimum atomic E-state index is -0.321. The highest BCUT2D eigenvalue weighted by molar-refractivity contribution is 7.13. The van der Waals surface area contributed by atoms with Gasteiger partial charge in [0, 0.05) is 22.0 Å². The van der Waals surface area contributed by atoms with E-state index in [0.717, 1.165) is 5.39 Å². The van der Waals surface area contributed by atoms with Gasteiger partial charge in [0.15, 0.2) is 10.8 Å². The zero-order valence-electron chi connectivity index (χ0n) is 12.2. The van der Waals surface area contributed by atoms with Crippen LogP contribution in [0.3, 0.4) is 0 Å². The molecule has 0 unspecified atom stereocenters. The van der Waals surface area contributed by atoms with E-state index in [1.807, 2.05) is 12.1 Å². The summed E-state index contributed by atoms with van der Waals surface area (Å²) < 4.78 is 5.29. The number of thiazole rings is 1. The SMILES string of the molecule is O=C(Nc1cc(Cl)cc2cccnc12)c1csc(-c2ccco2)n1. The van der Waals surface area contributed by atoms with E-state index in [1.165, 1.54) is 11.3 Å². The zero-order valence-corrected chi connectivity index (χ0v) is 13.8. The topological polar surface area (TPSA) is 68.0 Å². The number of rotatable bonds is 3. The third-order valence-corrected chi connectivity index (χ3v) is 4.46. The number of nitrogens with one attached hydrogen (secondary N) is 1. The number of anilines is 1. The van der Waals surface area contributed by atoms with E-state index in [9.17, 15) is 4.79 Å². The molecule has 1 aromatic carbocycles. The van der Waals surface area contributed by atoms with Gasteiger partial charge in [-0.2, -0.15) is 0 Å². The summed E-state index contributed by atoms with van der Waals surface area (Å²) in [6, 6.07) is 10.8. The van der Waals surface area contributed by atoms with Gasteiger partial charge in [0.05, 0.1) is 17.5 Å². The van der Waals surface area contributed by atoms with Crippen LogP contribution in [-0.4, -0.2) is 15.9 Å². The molecule has 0 saturated carbocycles. The van der Waals surface area contributed by atoms with Gasteiger partial charge in [0.1, 0.15) is 5.69 Å². The number of furan rings is 1. The largest absolute Gasteiger partial charge is 0.462 e. The maximum absolute atomic E-state index is 12.5. The van der Waals surface area contributed by atoms with Crippen LogP contribution in [0.25, 0.3) is 21.7 Å². The van der Waals surface area contributed by atoms with E-state index in [-0.39, 0.29) is 5.91 Å². The Hall–Kier alpha value is -2.70. The van der Waals surface area contributed by atoms with Gasteiger partial charge in [-0.05, 0) is 30.3 Å². The van der Waals surface area contributed by atoms with Gasteiger partial charge in [0.2, 0.25) is 0 Å². The first-order valence-electron chi connectivity index (χ1n) is 7.06. The molecule has 4 aromatic rings. The molecule has 0 aliphatic rings. The number of carbonyl (C=O) groups excluding carboxylic acids is 1. The minimum absolute atomic E-state index is 0.315. The van der Waals surface area contributed by atoms with E-state index >= 15 is 0 Å². The monoisotopic (exact) mass is 355 g/mol. The lowest BCUT2D eigenvalue weighted by atomic mass is 10.2. The average molecular weight is 356 g/mol. The van der Waals surface area contributed by atoms with Crippen LogP contribution in [-0.2, 0) is 0 Å². The smallest absolute Gasteiger partial charge is 0.275 e. The summed E-state index contributed by atoms with van der Waals surface area (Å²) in [4.78, 5) is 21.1. The Morgan fingerprint density at radius 1 is 1.25 bits per heavy atom. The van der Waals surface area contributed by atoms with Crippen LogP contribution in [0, 0.1) is 0 Å². The predicted molar refractivity (Wildman–Crippen MR) is 94.5 cm³/mol. The molecule has 0 atom stereocenters. The van der Waals surface area contributed by atoms with Crippen molar-refractivity contribution in [3.05, 3.63) is 65.0 Å². The highest BCUT2D eigenvalue weighted by atomic mass is 35.5. The molecule has 1 amide bonds. The lowest BCUT2D eigenvalue weighted by Crippen LogP contribution is -2.12. The fourth-order valence-corrected chi connectivity index (χ4v) is 3.32. The van der Waals surface area contributed by atoms with E-state index in [1.54, 1.807) is 42.1 Å². The van der Waals surface area contributed by atoms with Crippen LogP contribution in [0.1, 0.15) is 10.5 Å². The molecule has 0 saturated heterocycles. The lowest BCUT2D eigenvalue weighted by molar-refractivity contribution is 0.102. The number of carbonyl (C=O) groups is 1. The number of fused-ring (bicyclic) bond motifs is 1. The van der Waals surface area contributed by atoms with Gasteiger partial charge < -0.3 is 9.73 Å². The summed E-state index contributed by atoms with van der Waals surface area (Å²) in [5.74, 6) is 0.312. The zero-order chi connectivity index (χ0) is 16.5. The van der Waals surface area contributed by atoms with Gasteiger partial charge in [-0.3, -0.25) is 9.78 Å². The molecule has 0 bridgehead atoms. The molecule has 5 nitrogen and oxygen atoms in total. The Morgan fingerprint density at radius 3 is 3.00 bits per heavy atom. The maximum Gasteiger partial charge on any atom is 0.275 e. The summed E-state index contributed by atoms with van der Waals surface area (Å²) in [5.41, 5.74) is 1.54. The quantitative estimate of drug-likeness (QED) is 0.570. The number of benzene rings is 1. The van der Waals surface area contributed by atoms with Crippen molar-refractivity contribution in [3.8, 4) is 10.8 Å². The number of hydrogen-bond acceptors (Lipinski definition) is 5. The number of hydrogen-bond donors (Lipinski definition) is 1. The molecule has 24 heavy (non-hydrogen) atoms. The van der Waals surface area contributed by atoms with E-state index < -0.39 is 0 Å². The lowest BCUT2D eigenvalue weighted by Gasteiger charge is -2.07. The van der Waals surface area contributed by atoms with Crippen molar-refractivity contribution in [2.24, 2.45) is 0 Å². The maximum atomic E-state index is 12.5. The summed E-state index contributed by atoms with van der Waals surface area (Å²) in [6.07, 6.45) is 3.24. The number of halogens is 1. The fraction of sp³-hybridized carbons (Fsp3) is 0. The highest BCUT2D eigenvalue weighted by Crippen LogP contribution is 2.28. The predicted octanol–water partition coefficient (Wildman–Crippen LogP) is 4.86. The first-order valence-corrected chi connectivity index (χ1v) is 8.31. The van der Waals surface area contributed by atoms with Gasteiger partial charge in [-0.1, -0.05) is 17.7 Å². The second kappa shape index (κ2) is 6.07. The van der Waals surface area contributed by atoms with Crippen molar-refractivity contribution in [1.82, 2.24) is 9.97 Å². The summed E-state index contributed by atoms with van der Waals surface area (Å²) >= 11 is 7.47. The van der Waals surface area contributed by atoms with Crippen molar-refractivity contribution >= 4 is 45.4 Å². The van der Waals surface area contributed by atoms with Crippen LogP contribution in [0.4, 0.5) is 5.69 Å². The molecular weight excluding hydrogens is 346 g/mol. The second-order valence-electron chi connectivity index (χ2n) is 5.00. The molecule has 7 heteroatoms. The van der Waals surface area contributed by atoms with Gasteiger partial charge >= 0.3 is 0 Å². The van der Waals surface area contributed by atoms with Crippen LogP contribution < -0.4 is 5.32 Å². The van der Waals surface area contributed by atoms with E-state index in [2.05, 4.69) is 15.3 Å². The molecule has 0 fully saturated rings. The average Bonchev–Trinajstić information content (AvgIpc) is 3.26. The molecule has 0 aliphatic heterocycles. The number of aromatic nitrogens is 2. The number of pyridine rings is 1. The molecule has 0 aliphatic carbocycles.